The van der Waals surface area contributed by atoms with E-state index in [0.29, 0.717) is 13.0 Å². The number of hydrogen-bond acceptors (Lipinski definition) is 5. The van der Waals surface area contributed by atoms with Gasteiger partial charge in [-0.15, -0.1) is 0 Å². The highest BCUT2D eigenvalue weighted by atomic mass is 16.5. The van der Waals surface area contributed by atoms with Gasteiger partial charge in [-0.1, -0.05) is 48.5 Å². The molecule has 0 bridgehead atoms. The fourth-order valence-corrected chi connectivity index (χ4v) is 5.05. The zero-order valence-corrected chi connectivity index (χ0v) is 17.1. The first-order valence-corrected chi connectivity index (χ1v) is 10.3. The predicted molar refractivity (Wildman–Crippen MR) is 113 cm³/mol. The molecule has 152 valence electrons. The Hall–Kier alpha value is -2.50. The molecule has 1 N–H and O–H groups in total. The Balaban J connectivity index is 1.65. The molecule has 1 saturated heterocycles. The lowest BCUT2D eigenvalue weighted by Gasteiger charge is -2.36. The molecule has 0 spiro atoms. The third kappa shape index (κ3) is 3.28. The molecule has 1 aliphatic heterocycles. The molecule has 0 amide bonds. The molecule has 5 nitrogen and oxygen atoms in total. The third-order valence-electron chi connectivity index (χ3n) is 6.42. The topological polar surface area (TPSA) is 58.6 Å². The van der Waals surface area contributed by atoms with Crippen LogP contribution in [-0.4, -0.2) is 56.0 Å². The van der Waals surface area contributed by atoms with Crippen LogP contribution in [0.2, 0.25) is 0 Å². The highest BCUT2D eigenvalue weighted by molar-refractivity contribution is 5.97. The lowest BCUT2D eigenvalue weighted by Crippen LogP contribution is -2.54. The maximum atomic E-state index is 13.2. The van der Waals surface area contributed by atoms with E-state index in [-0.39, 0.29) is 17.8 Å². The van der Waals surface area contributed by atoms with E-state index in [1.165, 1.54) is 7.11 Å². The normalized spacial score (nSPS) is 20.0. The van der Waals surface area contributed by atoms with Crippen LogP contribution < -0.4 is 5.32 Å². The summed E-state index contributed by atoms with van der Waals surface area (Å²) in [5.74, 6) is -0.0187. The minimum Gasteiger partial charge on any atom is -0.468 e. The molecular weight excluding hydrogens is 364 g/mol. The Morgan fingerprint density at radius 3 is 2.31 bits per heavy atom. The molecule has 1 fully saturated rings. The molecule has 0 radical (unpaired) electrons. The van der Waals surface area contributed by atoms with Crippen molar-refractivity contribution in [2.24, 2.45) is 0 Å². The van der Waals surface area contributed by atoms with E-state index in [0.717, 1.165) is 48.3 Å². The van der Waals surface area contributed by atoms with Crippen molar-refractivity contribution in [1.82, 2.24) is 10.2 Å². The molecule has 1 aliphatic carbocycles. The van der Waals surface area contributed by atoms with Crippen LogP contribution in [0.3, 0.4) is 0 Å². The molecule has 5 heteroatoms. The molecule has 1 unspecified atom stereocenters. The van der Waals surface area contributed by atoms with Gasteiger partial charge >= 0.3 is 5.97 Å². The van der Waals surface area contributed by atoms with Crippen molar-refractivity contribution in [2.45, 2.75) is 31.2 Å². The number of fused-ring (bicyclic) bond motifs is 3. The van der Waals surface area contributed by atoms with Gasteiger partial charge in [0.05, 0.1) is 13.2 Å². The van der Waals surface area contributed by atoms with Gasteiger partial charge in [-0.25, -0.2) is 0 Å². The second kappa shape index (κ2) is 8.09. The number of Topliss-reactive ketones (excluding diaryl/α,β-unsaturated/α-hetero) is 1. The van der Waals surface area contributed by atoms with E-state index in [1.807, 2.05) is 24.3 Å². The van der Waals surface area contributed by atoms with Crippen molar-refractivity contribution < 1.29 is 14.3 Å². The molecule has 2 aliphatic rings. The largest absolute Gasteiger partial charge is 0.468 e. The summed E-state index contributed by atoms with van der Waals surface area (Å²) in [6, 6.07) is 16.2. The number of carbonyl (C=O) groups excluding carboxylic acids is 2. The van der Waals surface area contributed by atoms with Gasteiger partial charge in [0.25, 0.3) is 0 Å². The van der Waals surface area contributed by atoms with Crippen LogP contribution in [0.25, 0.3) is 11.1 Å². The van der Waals surface area contributed by atoms with Crippen LogP contribution in [0.4, 0.5) is 0 Å². The van der Waals surface area contributed by atoms with Gasteiger partial charge in [0.1, 0.15) is 11.2 Å². The third-order valence-corrected chi connectivity index (χ3v) is 6.42. The Morgan fingerprint density at radius 1 is 1.10 bits per heavy atom. The summed E-state index contributed by atoms with van der Waals surface area (Å²) in [5, 5.41) is 3.30. The van der Waals surface area contributed by atoms with Gasteiger partial charge in [0, 0.05) is 19.6 Å². The molecule has 2 aromatic carbocycles. The van der Waals surface area contributed by atoms with E-state index < -0.39 is 5.41 Å². The average Bonchev–Trinajstić information content (AvgIpc) is 3.05. The Kier molecular flexibility index (Phi) is 5.52. The number of nitrogens with one attached hydrogen (secondary N) is 1. The molecule has 1 heterocycles. The van der Waals surface area contributed by atoms with E-state index >= 15 is 0 Å². The first kappa shape index (κ1) is 19.8. The zero-order chi connectivity index (χ0) is 20.4. The first-order valence-electron chi connectivity index (χ1n) is 10.3. The van der Waals surface area contributed by atoms with Gasteiger partial charge in [0.15, 0.2) is 0 Å². The van der Waals surface area contributed by atoms with Crippen LogP contribution in [0.15, 0.2) is 48.5 Å². The van der Waals surface area contributed by atoms with E-state index in [1.54, 1.807) is 6.92 Å². The van der Waals surface area contributed by atoms with Gasteiger partial charge < -0.3 is 10.1 Å². The van der Waals surface area contributed by atoms with Gasteiger partial charge in [-0.05, 0) is 48.6 Å². The average molecular weight is 392 g/mol. The van der Waals surface area contributed by atoms with Crippen molar-refractivity contribution in [3.05, 3.63) is 59.7 Å². The van der Waals surface area contributed by atoms with E-state index in [9.17, 15) is 9.59 Å². The SMILES string of the molecule is COC(=O)C1(CCCN2CCNCC2C(C)=O)c2ccccc2-c2ccccc21. The Labute approximate surface area is 172 Å². The maximum Gasteiger partial charge on any atom is 0.320 e. The minimum atomic E-state index is -0.790. The van der Waals surface area contributed by atoms with Gasteiger partial charge in [-0.3, -0.25) is 14.5 Å². The summed E-state index contributed by atoms with van der Waals surface area (Å²) < 4.78 is 5.34. The Morgan fingerprint density at radius 2 is 1.72 bits per heavy atom. The lowest BCUT2D eigenvalue weighted by atomic mass is 9.74. The zero-order valence-electron chi connectivity index (χ0n) is 17.1. The predicted octanol–water partition coefficient (Wildman–Crippen LogP) is 2.77. The number of ether oxygens (including phenoxy) is 1. The molecular formula is C24H28N2O3. The summed E-state index contributed by atoms with van der Waals surface area (Å²) in [7, 11) is 1.47. The van der Waals surface area contributed by atoms with Gasteiger partial charge in [-0.2, -0.15) is 0 Å². The monoisotopic (exact) mass is 392 g/mol. The summed E-state index contributed by atoms with van der Waals surface area (Å²) in [6.07, 6.45) is 1.46. The number of esters is 1. The van der Waals surface area contributed by atoms with Crippen molar-refractivity contribution >= 4 is 11.8 Å². The van der Waals surface area contributed by atoms with Crippen LogP contribution in [0, 0.1) is 0 Å². The first-order chi connectivity index (χ1) is 14.1. The number of piperazine rings is 1. The summed E-state index contributed by atoms with van der Waals surface area (Å²) >= 11 is 0. The fraction of sp³-hybridized carbons (Fsp3) is 0.417. The van der Waals surface area contributed by atoms with Crippen molar-refractivity contribution in [1.29, 1.82) is 0 Å². The van der Waals surface area contributed by atoms with Crippen molar-refractivity contribution in [2.75, 3.05) is 33.3 Å². The molecule has 1 atom stereocenters. The standard InChI is InChI=1S/C24H28N2O3/c1-17(27)22-16-25-13-15-26(22)14-7-12-24(23(28)29-2)20-10-5-3-8-18(20)19-9-4-6-11-21(19)24/h3-6,8-11,22,25H,7,12-16H2,1-2H3. The quantitative estimate of drug-likeness (QED) is 0.766. The second-order valence-electron chi connectivity index (χ2n) is 7.96. The molecule has 4 rings (SSSR count). The number of benzene rings is 2. The second-order valence-corrected chi connectivity index (χ2v) is 7.96. The Bertz CT molecular complexity index is 878. The highest BCUT2D eigenvalue weighted by Gasteiger charge is 2.49. The van der Waals surface area contributed by atoms with E-state index in [2.05, 4.69) is 34.5 Å². The van der Waals surface area contributed by atoms with Gasteiger partial charge in [0.2, 0.25) is 0 Å². The fourth-order valence-electron chi connectivity index (χ4n) is 5.05. The van der Waals surface area contributed by atoms with E-state index in [4.69, 9.17) is 4.74 Å². The minimum absolute atomic E-state index is 0.0824. The van der Waals surface area contributed by atoms with Crippen LogP contribution in [0.1, 0.15) is 30.9 Å². The van der Waals surface area contributed by atoms with Crippen molar-refractivity contribution in [3.63, 3.8) is 0 Å². The molecule has 29 heavy (non-hydrogen) atoms. The molecule has 2 aromatic rings. The van der Waals surface area contributed by atoms with Crippen LogP contribution >= 0.6 is 0 Å². The summed E-state index contributed by atoms with van der Waals surface area (Å²) in [5.41, 5.74) is 3.48. The number of hydrogen-bond donors (Lipinski definition) is 1. The summed E-state index contributed by atoms with van der Waals surface area (Å²) in [4.78, 5) is 27.5. The summed E-state index contributed by atoms with van der Waals surface area (Å²) in [6.45, 7) is 4.88. The maximum absolute atomic E-state index is 13.2. The smallest absolute Gasteiger partial charge is 0.320 e. The van der Waals surface area contributed by atoms with Crippen LogP contribution in [-0.2, 0) is 19.7 Å². The van der Waals surface area contributed by atoms with Crippen LogP contribution in [0.5, 0.6) is 0 Å². The highest BCUT2D eigenvalue weighted by Crippen LogP contribution is 2.51. The number of rotatable bonds is 6. The number of carbonyl (C=O) groups is 2. The number of methoxy groups -OCH3 is 1. The number of ketones is 1. The molecule has 0 aromatic heterocycles. The van der Waals surface area contributed by atoms with Crippen molar-refractivity contribution in [3.8, 4) is 11.1 Å². The lowest BCUT2D eigenvalue weighted by molar-refractivity contribution is -0.146. The number of nitrogens with zero attached hydrogens (tertiary/aromatic N) is 1. The molecule has 0 saturated carbocycles.